The van der Waals surface area contributed by atoms with Gasteiger partial charge in [-0.15, -0.1) is 0 Å². The monoisotopic (exact) mass is 558 g/mol. The molecule has 0 atom stereocenters. The molecule has 3 aromatic carbocycles. The fourth-order valence-corrected chi connectivity index (χ4v) is 4.07. The van der Waals surface area contributed by atoms with Crippen molar-refractivity contribution in [1.82, 2.24) is 0 Å². The molecule has 0 aliphatic carbocycles. The number of hydrogen-bond donors (Lipinski definition) is 1. The maximum Gasteiger partial charge on any atom is 0.333 e. The van der Waals surface area contributed by atoms with Crippen LogP contribution in [0.3, 0.4) is 0 Å². The zero-order chi connectivity index (χ0) is 29.8. The summed E-state index contributed by atoms with van der Waals surface area (Å²) in [7, 11) is 0. The first kappa shape index (κ1) is 31.2. The van der Waals surface area contributed by atoms with Gasteiger partial charge in [0.1, 0.15) is 26.4 Å². The molecule has 0 aliphatic heterocycles. The van der Waals surface area contributed by atoms with Crippen LogP contribution in [-0.2, 0) is 31.9 Å². The summed E-state index contributed by atoms with van der Waals surface area (Å²) in [6.07, 6.45) is 1.49. The molecule has 3 rings (SSSR count). The zero-order valence-corrected chi connectivity index (χ0v) is 24.0. The van der Waals surface area contributed by atoms with Gasteiger partial charge >= 0.3 is 11.9 Å². The van der Waals surface area contributed by atoms with Crippen LogP contribution in [-0.4, -0.2) is 50.1 Å². The fraction of sp³-hybridized carbons (Fsp3) is 0.294. The van der Waals surface area contributed by atoms with E-state index in [-0.39, 0.29) is 33.0 Å². The van der Waals surface area contributed by atoms with Crippen LogP contribution in [0.5, 0.6) is 11.5 Å². The molecule has 7 nitrogen and oxygen atoms in total. The van der Waals surface area contributed by atoms with Gasteiger partial charge in [-0.1, -0.05) is 68.6 Å². The molecule has 0 bridgehead atoms. The normalized spacial score (nSPS) is 10.5. The molecule has 41 heavy (non-hydrogen) atoms. The van der Waals surface area contributed by atoms with Crippen LogP contribution >= 0.6 is 0 Å². The Balaban J connectivity index is 1.82. The highest BCUT2D eigenvalue weighted by Crippen LogP contribution is 2.35. The average molecular weight is 559 g/mol. The molecule has 216 valence electrons. The molecule has 0 amide bonds. The first-order chi connectivity index (χ1) is 19.7. The minimum Gasteiger partial charge on any atom is -0.486 e. The van der Waals surface area contributed by atoms with Crippen LogP contribution in [0.4, 0.5) is 0 Å². The lowest BCUT2D eigenvalue weighted by Crippen LogP contribution is -2.14. The van der Waals surface area contributed by atoms with Crippen molar-refractivity contribution >= 4 is 11.9 Å². The second-order valence-electron chi connectivity index (χ2n) is 9.59. The van der Waals surface area contributed by atoms with Crippen molar-refractivity contribution in [2.24, 2.45) is 0 Å². The molecule has 3 aromatic rings. The van der Waals surface area contributed by atoms with E-state index in [0.717, 1.165) is 34.2 Å². The topological polar surface area (TPSA) is 91.3 Å². The number of aliphatic hydroxyl groups is 1. The van der Waals surface area contributed by atoms with E-state index in [1.165, 1.54) is 5.56 Å². The summed E-state index contributed by atoms with van der Waals surface area (Å²) in [5, 5.41) is 9.20. The highest BCUT2D eigenvalue weighted by Gasteiger charge is 2.13. The Labute approximate surface area is 242 Å². The minimum atomic E-state index is -0.478. The van der Waals surface area contributed by atoms with Crippen LogP contribution in [0.15, 0.2) is 85.0 Å². The van der Waals surface area contributed by atoms with Gasteiger partial charge in [-0.3, -0.25) is 0 Å². The van der Waals surface area contributed by atoms with E-state index in [9.17, 15) is 14.7 Å². The van der Waals surface area contributed by atoms with E-state index < -0.39 is 11.9 Å². The molecule has 0 radical (unpaired) electrons. The lowest BCUT2D eigenvalue weighted by molar-refractivity contribution is -0.140. The van der Waals surface area contributed by atoms with Crippen molar-refractivity contribution < 1.29 is 33.6 Å². The first-order valence-corrected chi connectivity index (χ1v) is 13.6. The number of ether oxygens (including phenoxy) is 4. The standard InChI is InChI=1S/C34H38O7/c1-6-26-21-28(11-13-30(26)27-9-7-25(8-10-27)15-16-35)29-12-14-31(38-17-19-40-33(36)23(2)3)32(22-29)39-18-20-41-34(37)24(4)5/h7-14,21-22,35H,2,4,6,15-20H2,1,3,5H3. The van der Waals surface area contributed by atoms with Gasteiger partial charge < -0.3 is 24.1 Å². The van der Waals surface area contributed by atoms with Crippen LogP contribution in [0.1, 0.15) is 31.9 Å². The Kier molecular flexibility index (Phi) is 11.7. The summed E-state index contributed by atoms with van der Waals surface area (Å²) in [6.45, 7) is 12.9. The van der Waals surface area contributed by atoms with Gasteiger partial charge in [0.05, 0.1) is 0 Å². The van der Waals surface area contributed by atoms with Crippen LogP contribution in [0.25, 0.3) is 22.3 Å². The third kappa shape index (κ3) is 9.08. The van der Waals surface area contributed by atoms with Gasteiger partial charge in [0.15, 0.2) is 11.5 Å². The van der Waals surface area contributed by atoms with Gasteiger partial charge in [-0.25, -0.2) is 9.59 Å². The molecule has 0 aliphatic rings. The van der Waals surface area contributed by atoms with Crippen LogP contribution in [0, 0.1) is 0 Å². The smallest absolute Gasteiger partial charge is 0.333 e. The largest absolute Gasteiger partial charge is 0.486 e. The summed E-state index contributed by atoms with van der Waals surface area (Å²) in [6, 6.07) is 20.3. The third-order valence-electron chi connectivity index (χ3n) is 6.27. The van der Waals surface area contributed by atoms with Gasteiger partial charge in [-0.05, 0) is 72.2 Å². The summed E-state index contributed by atoms with van der Waals surface area (Å²) in [4.78, 5) is 23.4. The van der Waals surface area contributed by atoms with E-state index in [4.69, 9.17) is 18.9 Å². The number of esters is 2. The second kappa shape index (κ2) is 15.4. The quantitative estimate of drug-likeness (QED) is 0.137. The van der Waals surface area contributed by atoms with Crippen LogP contribution < -0.4 is 9.47 Å². The van der Waals surface area contributed by atoms with Crippen molar-refractivity contribution in [3.05, 3.63) is 96.1 Å². The van der Waals surface area contributed by atoms with Crippen molar-refractivity contribution in [3.8, 4) is 33.8 Å². The van der Waals surface area contributed by atoms with Crippen molar-refractivity contribution in [2.45, 2.75) is 33.6 Å². The van der Waals surface area contributed by atoms with E-state index in [1.54, 1.807) is 13.8 Å². The Hall–Kier alpha value is -4.36. The SMILES string of the molecule is C=C(C)C(=O)OCCOc1ccc(-c2ccc(-c3ccc(CCO)cc3)c(CC)c2)cc1OCCOC(=O)C(=C)C. The Morgan fingerprint density at radius 1 is 0.707 bits per heavy atom. The van der Waals surface area contributed by atoms with E-state index in [1.807, 2.05) is 30.3 Å². The summed E-state index contributed by atoms with van der Waals surface area (Å²) in [5.74, 6) is -0.00671. The van der Waals surface area contributed by atoms with E-state index >= 15 is 0 Å². The lowest BCUT2D eigenvalue weighted by Gasteiger charge is -2.16. The van der Waals surface area contributed by atoms with E-state index in [2.05, 4.69) is 50.4 Å². The molecule has 7 heteroatoms. The van der Waals surface area contributed by atoms with Crippen LogP contribution in [0.2, 0.25) is 0 Å². The third-order valence-corrected chi connectivity index (χ3v) is 6.27. The highest BCUT2D eigenvalue weighted by molar-refractivity contribution is 5.87. The predicted octanol–water partition coefficient (Wildman–Crippen LogP) is 6.11. The molecular weight excluding hydrogens is 520 g/mol. The summed E-state index contributed by atoms with van der Waals surface area (Å²) >= 11 is 0. The molecule has 0 saturated heterocycles. The highest BCUT2D eigenvalue weighted by atomic mass is 16.6. The molecule has 0 unspecified atom stereocenters. The lowest BCUT2D eigenvalue weighted by atomic mass is 9.93. The molecular formula is C34H38O7. The zero-order valence-electron chi connectivity index (χ0n) is 24.0. The van der Waals surface area contributed by atoms with Gasteiger partial charge in [0.2, 0.25) is 0 Å². The number of carbonyl (C=O) groups excluding carboxylic acids is 2. The number of aliphatic hydroxyl groups excluding tert-OH is 1. The maximum absolute atomic E-state index is 11.7. The molecule has 0 fully saturated rings. The summed E-state index contributed by atoms with van der Waals surface area (Å²) < 4.78 is 22.1. The number of benzene rings is 3. The average Bonchev–Trinajstić information content (AvgIpc) is 2.97. The molecule has 0 spiro atoms. The minimum absolute atomic E-state index is 0.0529. The number of rotatable bonds is 15. The molecule has 0 heterocycles. The molecule has 0 aromatic heterocycles. The second-order valence-corrected chi connectivity index (χ2v) is 9.59. The van der Waals surface area contributed by atoms with Gasteiger partial charge in [-0.2, -0.15) is 0 Å². The van der Waals surface area contributed by atoms with Crippen molar-refractivity contribution in [1.29, 1.82) is 0 Å². The Bertz CT molecular complexity index is 1370. The number of hydrogen-bond acceptors (Lipinski definition) is 7. The molecule has 0 saturated carbocycles. The van der Waals surface area contributed by atoms with Gasteiger partial charge in [0, 0.05) is 17.8 Å². The van der Waals surface area contributed by atoms with E-state index in [0.29, 0.717) is 29.1 Å². The van der Waals surface area contributed by atoms with Crippen molar-refractivity contribution in [3.63, 3.8) is 0 Å². The Morgan fingerprint density at radius 2 is 1.24 bits per heavy atom. The molecule has 1 N–H and O–H groups in total. The fourth-order valence-electron chi connectivity index (χ4n) is 4.07. The maximum atomic E-state index is 11.7. The first-order valence-electron chi connectivity index (χ1n) is 13.6. The number of carbonyl (C=O) groups is 2. The van der Waals surface area contributed by atoms with Gasteiger partial charge in [0.25, 0.3) is 0 Å². The summed E-state index contributed by atoms with van der Waals surface area (Å²) in [5.41, 5.74) is 7.17. The predicted molar refractivity (Wildman–Crippen MR) is 160 cm³/mol. The number of aryl methyl sites for hydroxylation is 1. The Morgan fingerprint density at radius 3 is 1.80 bits per heavy atom. The van der Waals surface area contributed by atoms with Crippen molar-refractivity contribution in [2.75, 3.05) is 33.0 Å².